The van der Waals surface area contributed by atoms with Gasteiger partial charge in [-0.25, -0.2) is 8.42 Å². The van der Waals surface area contributed by atoms with Crippen molar-refractivity contribution >= 4 is 39.0 Å². The molecule has 0 saturated carbocycles. The van der Waals surface area contributed by atoms with Gasteiger partial charge in [-0.05, 0) is 66.2 Å². The molecule has 5 nitrogen and oxygen atoms in total. The number of sulfonamides is 1. The first-order valence-corrected chi connectivity index (χ1v) is 11.3. The van der Waals surface area contributed by atoms with Gasteiger partial charge in [0.15, 0.2) is 0 Å². The monoisotopic (exact) mass is 512 g/mol. The molecule has 0 aromatic heterocycles. The van der Waals surface area contributed by atoms with E-state index in [-0.39, 0.29) is 27.3 Å². The molecular weight excluding hydrogens is 498 g/mol. The standard InChI is InChI=1S/C23H14F6N2O3S/c24-22(25,26)14-3-1-13(2-4-14)11-19-18-12-17(9-10-20(18)30-21(19)32)35(33,34)31-16-7-5-15(6-8-16)23(27,28)29/h1-12,31H,(H,30,32). The fraction of sp³-hybridized carbons (Fsp3) is 0.0870. The van der Waals surface area contributed by atoms with Gasteiger partial charge in [-0.2, -0.15) is 26.3 Å². The van der Waals surface area contributed by atoms with E-state index in [9.17, 15) is 39.6 Å². The number of alkyl halides is 6. The Hall–Kier alpha value is -3.80. The zero-order chi connectivity index (χ0) is 25.6. The Morgan fingerprint density at radius 3 is 1.86 bits per heavy atom. The number of halogens is 6. The van der Waals surface area contributed by atoms with Crippen LogP contribution in [0.5, 0.6) is 0 Å². The molecule has 1 aliphatic heterocycles. The summed E-state index contributed by atoms with van der Waals surface area (Å²) in [4.78, 5) is 12.1. The highest BCUT2D eigenvalue weighted by molar-refractivity contribution is 7.92. The molecule has 3 aromatic rings. The highest BCUT2D eigenvalue weighted by Gasteiger charge is 2.31. The van der Waals surface area contributed by atoms with Gasteiger partial charge in [0, 0.05) is 22.5 Å². The molecule has 1 aliphatic rings. The van der Waals surface area contributed by atoms with Crippen molar-refractivity contribution in [1.82, 2.24) is 0 Å². The number of benzene rings is 3. The van der Waals surface area contributed by atoms with Crippen molar-refractivity contribution < 1.29 is 39.6 Å². The van der Waals surface area contributed by atoms with Gasteiger partial charge in [-0.1, -0.05) is 12.1 Å². The number of rotatable bonds is 4. The minimum absolute atomic E-state index is 0.0336. The predicted molar refractivity (Wildman–Crippen MR) is 117 cm³/mol. The Morgan fingerprint density at radius 1 is 0.771 bits per heavy atom. The molecule has 0 spiro atoms. The molecule has 0 saturated heterocycles. The topological polar surface area (TPSA) is 75.3 Å². The molecule has 1 amide bonds. The average molecular weight is 512 g/mol. The van der Waals surface area contributed by atoms with Crippen LogP contribution in [-0.2, 0) is 27.2 Å². The first kappa shape index (κ1) is 24.3. The summed E-state index contributed by atoms with van der Waals surface area (Å²) in [7, 11) is -4.24. The maximum absolute atomic E-state index is 12.8. The van der Waals surface area contributed by atoms with Crippen molar-refractivity contribution in [2.45, 2.75) is 17.2 Å². The number of carbonyl (C=O) groups is 1. The lowest BCUT2D eigenvalue weighted by molar-refractivity contribution is -0.138. The molecule has 0 bridgehead atoms. The van der Waals surface area contributed by atoms with Gasteiger partial charge in [0.05, 0.1) is 16.0 Å². The zero-order valence-corrected chi connectivity index (χ0v) is 18.1. The molecule has 2 N–H and O–H groups in total. The molecule has 3 aromatic carbocycles. The molecule has 12 heteroatoms. The fourth-order valence-electron chi connectivity index (χ4n) is 3.35. The van der Waals surface area contributed by atoms with Gasteiger partial charge in [0.1, 0.15) is 0 Å². The van der Waals surface area contributed by atoms with Gasteiger partial charge in [-0.15, -0.1) is 0 Å². The summed E-state index contributed by atoms with van der Waals surface area (Å²) < 4.78 is 104. The molecule has 0 radical (unpaired) electrons. The minimum atomic E-state index is -4.58. The van der Waals surface area contributed by atoms with Crippen molar-refractivity contribution in [2.75, 3.05) is 10.0 Å². The third-order valence-electron chi connectivity index (χ3n) is 5.10. The summed E-state index contributed by atoms with van der Waals surface area (Å²) in [6.07, 6.45) is -7.78. The second-order valence-electron chi connectivity index (χ2n) is 7.52. The number of fused-ring (bicyclic) bond motifs is 1. The lowest BCUT2D eigenvalue weighted by Crippen LogP contribution is -2.13. The number of hydrogen-bond donors (Lipinski definition) is 2. The first-order chi connectivity index (χ1) is 16.2. The zero-order valence-electron chi connectivity index (χ0n) is 17.3. The Bertz CT molecular complexity index is 1430. The normalized spacial score (nSPS) is 15.1. The van der Waals surface area contributed by atoms with E-state index in [1.807, 2.05) is 0 Å². The highest BCUT2D eigenvalue weighted by atomic mass is 32.2. The molecule has 4 rings (SSSR count). The van der Waals surface area contributed by atoms with E-state index >= 15 is 0 Å². The minimum Gasteiger partial charge on any atom is -0.321 e. The van der Waals surface area contributed by atoms with E-state index in [0.29, 0.717) is 5.69 Å². The number of amides is 1. The Labute approximate surface area is 195 Å². The molecule has 0 unspecified atom stereocenters. The van der Waals surface area contributed by atoms with Crippen LogP contribution in [0.4, 0.5) is 37.7 Å². The third kappa shape index (κ3) is 5.16. The smallest absolute Gasteiger partial charge is 0.321 e. The number of anilines is 2. The van der Waals surface area contributed by atoms with Crippen LogP contribution in [0.15, 0.2) is 71.6 Å². The fourth-order valence-corrected chi connectivity index (χ4v) is 4.44. The van der Waals surface area contributed by atoms with E-state index < -0.39 is 39.4 Å². The van der Waals surface area contributed by atoms with Crippen molar-refractivity contribution in [3.63, 3.8) is 0 Å². The summed E-state index contributed by atoms with van der Waals surface area (Å²) in [6.45, 7) is 0. The van der Waals surface area contributed by atoms with Gasteiger partial charge in [-0.3, -0.25) is 9.52 Å². The van der Waals surface area contributed by atoms with Crippen molar-refractivity contribution in [1.29, 1.82) is 0 Å². The number of carbonyl (C=O) groups excluding carboxylic acids is 1. The van der Waals surface area contributed by atoms with E-state index in [1.54, 1.807) is 0 Å². The quantitative estimate of drug-likeness (QED) is 0.332. The molecular formula is C23H14F6N2O3S. The number of hydrogen-bond acceptors (Lipinski definition) is 3. The molecule has 182 valence electrons. The van der Waals surface area contributed by atoms with Crippen LogP contribution in [0.3, 0.4) is 0 Å². The Kier molecular flexibility index (Phi) is 5.87. The van der Waals surface area contributed by atoms with Crippen LogP contribution in [-0.4, -0.2) is 14.3 Å². The number of nitrogens with one attached hydrogen (secondary N) is 2. The Morgan fingerprint density at radius 2 is 1.31 bits per heavy atom. The maximum Gasteiger partial charge on any atom is 0.416 e. The van der Waals surface area contributed by atoms with Gasteiger partial charge in [0.2, 0.25) is 0 Å². The van der Waals surface area contributed by atoms with Crippen LogP contribution >= 0.6 is 0 Å². The Balaban J connectivity index is 1.63. The lowest BCUT2D eigenvalue weighted by Gasteiger charge is -2.11. The largest absolute Gasteiger partial charge is 0.416 e. The summed E-state index contributed by atoms with van der Waals surface area (Å²) in [5.74, 6) is -0.579. The van der Waals surface area contributed by atoms with Crippen LogP contribution < -0.4 is 10.0 Å². The van der Waals surface area contributed by atoms with E-state index in [1.165, 1.54) is 36.4 Å². The van der Waals surface area contributed by atoms with Crippen LogP contribution in [0.2, 0.25) is 0 Å². The summed E-state index contributed by atoms with van der Waals surface area (Å²) >= 11 is 0. The van der Waals surface area contributed by atoms with Crippen LogP contribution in [0.1, 0.15) is 22.3 Å². The molecule has 0 aliphatic carbocycles. The lowest BCUT2D eigenvalue weighted by atomic mass is 10.0. The van der Waals surface area contributed by atoms with E-state index in [4.69, 9.17) is 0 Å². The maximum atomic E-state index is 12.8. The highest BCUT2D eigenvalue weighted by Crippen LogP contribution is 2.36. The molecule has 0 atom stereocenters. The average Bonchev–Trinajstić information content (AvgIpc) is 3.07. The van der Waals surface area contributed by atoms with Gasteiger partial charge >= 0.3 is 12.4 Å². The SMILES string of the molecule is O=C1Nc2ccc(S(=O)(=O)Nc3ccc(C(F)(F)F)cc3)cc2C1=Cc1ccc(C(F)(F)F)cc1. The predicted octanol–water partition coefficient (Wildman–Crippen LogP) is 6.02. The second-order valence-corrected chi connectivity index (χ2v) is 9.20. The first-order valence-electron chi connectivity index (χ1n) is 9.79. The third-order valence-corrected chi connectivity index (χ3v) is 6.48. The summed E-state index contributed by atoms with van der Waals surface area (Å²) in [6, 6.07) is 11.2. The van der Waals surface area contributed by atoms with Crippen LogP contribution in [0, 0.1) is 0 Å². The van der Waals surface area contributed by atoms with Crippen LogP contribution in [0.25, 0.3) is 11.6 Å². The van der Waals surface area contributed by atoms with Gasteiger partial charge < -0.3 is 5.32 Å². The second kappa shape index (κ2) is 8.45. The molecule has 35 heavy (non-hydrogen) atoms. The van der Waals surface area contributed by atoms with Crippen molar-refractivity contribution in [3.8, 4) is 0 Å². The van der Waals surface area contributed by atoms with Crippen molar-refractivity contribution in [2.24, 2.45) is 0 Å². The van der Waals surface area contributed by atoms with E-state index in [2.05, 4.69) is 10.0 Å². The molecule has 0 fully saturated rings. The summed E-state index contributed by atoms with van der Waals surface area (Å²) in [5, 5.41) is 2.54. The molecule has 1 heterocycles. The van der Waals surface area contributed by atoms with Crippen molar-refractivity contribution in [3.05, 3.63) is 89.0 Å². The van der Waals surface area contributed by atoms with Gasteiger partial charge in [0.25, 0.3) is 15.9 Å². The summed E-state index contributed by atoms with van der Waals surface area (Å²) in [5.41, 5.74) is -1.10. The van der Waals surface area contributed by atoms with E-state index in [0.717, 1.165) is 36.4 Å².